The Bertz CT molecular complexity index is 1200. The number of carboxylic acid groups (broad SMARTS) is 1. The van der Waals surface area contributed by atoms with E-state index in [0.717, 1.165) is 30.2 Å². The second-order valence-corrected chi connectivity index (χ2v) is 9.19. The number of hydrogen-bond donors (Lipinski definition) is 2. The number of fused-ring (bicyclic) bond motifs is 1. The SMILES string of the molecule is O=C(CCCC1CCc2ccccc21)N/C(=C/c1ccc(Oc2ccccc2Br)cc1)C(=O)O. The minimum atomic E-state index is -1.17. The van der Waals surface area contributed by atoms with E-state index in [1.165, 1.54) is 17.2 Å². The molecule has 1 unspecified atom stereocenters. The van der Waals surface area contributed by atoms with Crippen LogP contribution in [0.4, 0.5) is 0 Å². The average Bonchev–Trinajstić information content (AvgIpc) is 3.24. The lowest BCUT2D eigenvalue weighted by Crippen LogP contribution is -2.27. The van der Waals surface area contributed by atoms with Crippen LogP contribution in [0.5, 0.6) is 11.5 Å². The number of aliphatic carboxylic acids is 1. The monoisotopic (exact) mass is 519 g/mol. The first-order chi connectivity index (χ1) is 16.5. The number of carbonyl (C=O) groups is 2. The highest BCUT2D eigenvalue weighted by molar-refractivity contribution is 9.10. The molecule has 174 valence electrons. The molecular weight excluding hydrogens is 494 g/mol. The van der Waals surface area contributed by atoms with Crippen molar-refractivity contribution in [3.05, 3.63) is 99.7 Å². The van der Waals surface area contributed by atoms with Gasteiger partial charge in [0.1, 0.15) is 17.2 Å². The fourth-order valence-corrected chi connectivity index (χ4v) is 4.64. The van der Waals surface area contributed by atoms with Gasteiger partial charge in [-0.3, -0.25) is 4.79 Å². The molecule has 0 bridgehead atoms. The minimum Gasteiger partial charge on any atom is -0.477 e. The van der Waals surface area contributed by atoms with Gasteiger partial charge < -0.3 is 15.2 Å². The number of benzene rings is 3. The van der Waals surface area contributed by atoms with Crippen molar-refractivity contribution in [1.82, 2.24) is 5.32 Å². The summed E-state index contributed by atoms with van der Waals surface area (Å²) in [6.07, 6.45) is 5.60. The Labute approximate surface area is 207 Å². The third-order valence-corrected chi connectivity index (χ3v) is 6.63. The Morgan fingerprint density at radius 3 is 2.53 bits per heavy atom. The summed E-state index contributed by atoms with van der Waals surface area (Å²) in [6.45, 7) is 0. The number of aryl methyl sites for hydroxylation is 1. The van der Waals surface area contributed by atoms with E-state index in [2.05, 4.69) is 45.5 Å². The number of amides is 1. The van der Waals surface area contributed by atoms with Crippen molar-refractivity contribution in [1.29, 1.82) is 0 Å². The molecule has 1 aliphatic rings. The number of halogens is 1. The summed E-state index contributed by atoms with van der Waals surface area (Å²) in [7, 11) is 0. The molecule has 4 rings (SSSR count). The zero-order chi connectivity index (χ0) is 23.9. The summed E-state index contributed by atoms with van der Waals surface area (Å²) >= 11 is 3.44. The van der Waals surface area contributed by atoms with Crippen LogP contribution in [-0.4, -0.2) is 17.0 Å². The molecule has 0 fully saturated rings. The average molecular weight is 520 g/mol. The summed E-state index contributed by atoms with van der Waals surface area (Å²) in [6, 6.07) is 23.0. The Morgan fingerprint density at radius 1 is 1.03 bits per heavy atom. The van der Waals surface area contributed by atoms with E-state index >= 15 is 0 Å². The van der Waals surface area contributed by atoms with Crippen LogP contribution in [0.15, 0.2) is 83.0 Å². The van der Waals surface area contributed by atoms with Gasteiger partial charge >= 0.3 is 5.97 Å². The summed E-state index contributed by atoms with van der Waals surface area (Å²) < 4.78 is 6.68. The summed E-state index contributed by atoms with van der Waals surface area (Å²) in [5.74, 6) is 0.333. The molecule has 3 aromatic carbocycles. The van der Waals surface area contributed by atoms with Gasteiger partial charge in [-0.05, 0) is 94.6 Å². The molecule has 0 radical (unpaired) electrons. The molecule has 5 nitrogen and oxygen atoms in total. The van der Waals surface area contributed by atoms with Crippen LogP contribution in [0.2, 0.25) is 0 Å². The zero-order valence-corrected chi connectivity index (χ0v) is 20.3. The van der Waals surface area contributed by atoms with Crippen LogP contribution in [0.3, 0.4) is 0 Å². The van der Waals surface area contributed by atoms with Crippen molar-refractivity contribution in [2.75, 3.05) is 0 Å². The molecule has 1 amide bonds. The number of carboxylic acids is 1. The standard InChI is InChI=1S/C28H26BrNO4/c29-24-9-3-4-10-26(24)34-22-16-12-19(13-17-22)18-25(28(32)33)30-27(31)11-5-7-21-15-14-20-6-1-2-8-23(20)21/h1-4,6,8-10,12-13,16-18,21H,5,7,11,14-15H2,(H,30,31)(H,32,33)/b25-18+. The summed E-state index contributed by atoms with van der Waals surface area (Å²) in [5.41, 5.74) is 3.30. The van der Waals surface area contributed by atoms with Crippen molar-refractivity contribution in [2.24, 2.45) is 0 Å². The van der Waals surface area contributed by atoms with E-state index in [-0.39, 0.29) is 11.6 Å². The number of nitrogens with one attached hydrogen (secondary N) is 1. The molecule has 2 N–H and O–H groups in total. The molecule has 3 aromatic rings. The highest BCUT2D eigenvalue weighted by Crippen LogP contribution is 2.36. The predicted molar refractivity (Wildman–Crippen MR) is 136 cm³/mol. The number of hydrogen-bond acceptors (Lipinski definition) is 3. The molecule has 1 atom stereocenters. The Hall–Kier alpha value is -3.38. The van der Waals surface area contributed by atoms with Gasteiger partial charge in [-0.2, -0.15) is 0 Å². The van der Waals surface area contributed by atoms with Crippen molar-refractivity contribution in [3.63, 3.8) is 0 Å². The molecule has 0 saturated heterocycles. The number of para-hydroxylation sites is 1. The van der Waals surface area contributed by atoms with Crippen molar-refractivity contribution in [2.45, 2.75) is 38.0 Å². The van der Waals surface area contributed by atoms with E-state index in [0.29, 0.717) is 29.4 Å². The lowest BCUT2D eigenvalue weighted by molar-refractivity contribution is -0.134. The quantitative estimate of drug-likeness (QED) is 0.309. The van der Waals surface area contributed by atoms with Gasteiger partial charge in [0.2, 0.25) is 5.91 Å². The highest BCUT2D eigenvalue weighted by Gasteiger charge is 2.21. The maximum absolute atomic E-state index is 12.4. The van der Waals surface area contributed by atoms with Crippen molar-refractivity contribution >= 4 is 33.9 Å². The normalized spacial score (nSPS) is 15.0. The van der Waals surface area contributed by atoms with E-state index in [4.69, 9.17) is 4.74 Å². The Balaban J connectivity index is 1.32. The van der Waals surface area contributed by atoms with E-state index < -0.39 is 5.97 Å². The van der Waals surface area contributed by atoms with Gasteiger partial charge in [0.05, 0.1) is 4.47 Å². The minimum absolute atomic E-state index is 0.143. The van der Waals surface area contributed by atoms with Gasteiger partial charge in [-0.1, -0.05) is 48.5 Å². The first kappa shape index (κ1) is 23.8. The topological polar surface area (TPSA) is 75.6 Å². The molecular formula is C28H26BrNO4. The van der Waals surface area contributed by atoms with E-state index in [1.807, 2.05) is 24.3 Å². The number of ether oxygens (including phenoxy) is 1. The van der Waals surface area contributed by atoms with Gasteiger partial charge in [0.15, 0.2) is 0 Å². The van der Waals surface area contributed by atoms with E-state index in [9.17, 15) is 14.7 Å². The zero-order valence-electron chi connectivity index (χ0n) is 18.7. The molecule has 0 saturated carbocycles. The molecule has 34 heavy (non-hydrogen) atoms. The molecule has 0 spiro atoms. The predicted octanol–water partition coefficient (Wildman–Crippen LogP) is 6.68. The second kappa shape index (κ2) is 11.2. The molecule has 0 heterocycles. The smallest absolute Gasteiger partial charge is 0.352 e. The number of rotatable bonds is 9. The van der Waals surface area contributed by atoms with Gasteiger partial charge in [-0.25, -0.2) is 4.79 Å². The third kappa shape index (κ3) is 6.14. The van der Waals surface area contributed by atoms with Gasteiger partial charge in [0, 0.05) is 6.42 Å². The maximum atomic E-state index is 12.4. The highest BCUT2D eigenvalue weighted by atomic mass is 79.9. The third-order valence-electron chi connectivity index (χ3n) is 5.97. The lowest BCUT2D eigenvalue weighted by atomic mass is 9.95. The molecule has 0 aromatic heterocycles. The van der Waals surface area contributed by atoms with Crippen molar-refractivity contribution in [3.8, 4) is 11.5 Å². The second-order valence-electron chi connectivity index (χ2n) is 8.34. The summed E-state index contributed by atoms with van der Waals surface area (Å²) in [5, 5.41) is 12.1. The van der Waals surface area contributed by atoms with Crippen molar-refractivity contribution < 1.29 is 19.4 Å². The van der Waals surface area contributed by atoms with Crippen LogP contribution >= 0.6 is 15.9 Å². The fourth-order valence-electron chi connectivity index (χ4n) is 4.27. The van der Waals surface area contributed by atoms with E-state index in [1.54, 1.807) is 24.3 Å². The largest absolute Gasteiger partial charge is 0.477 e. The molecule has 0 aliphatic heterocycles. The maximum Gasteiger partial charge on any atom is 0.352 e. The first-order valence-corrected chi connectivity index (χ1v) is 12.1. The van der Waals surface area contributed by atoms with Gasteiger partial charge in [-0.15, -0.1) is 0 Å². The van der Waals surface area contributed by atoms with Crippen LogP contribution in [0, 0.1) is 0 Å². The van der Waals surface area contributed by atoms with Gasteiger partial charge in [0.25, 0.3) is 0 Å². The van der Waals surface area contributed by atoms with Crippen LogP contribution in [0.1, 0.15) is 48.3 Å². The van der Waals surface area contributed by atoms with Crippen LogP contribution < -0.4 is 10.1 Å². The lowest BCUT2D eigenvalue weighted by Gasteiger charge is -2.11. The van der Waals surface area contributed by atoms with Crippen LogP contribution in [-0.2, 0) is 16.0 Å². The molecule has 1 aliphatic carbocycles. The Kier molecular flexibility index (Phi) is 7.80. The summed E-state index contributed by atoms with van der Waals surface area (Å²) in [4.78, 5) is 24.1. The van der Waals surface area contributed by atoms with Crippen LogP contribution in [0.25, 0.3) is 6.08 Å². The number of carbonyl (C=O) groups excluding carboxylic acids is 1. The molecule has 6 heteroatoms. The first-order valence-electron chi connectivity index (χ1n) is 11.3. The Morgan fingerprint density at radius 2 is 1.76 bits per heavy atom. The fraction of sp³-hybridized carbons (Fsp3) is 0.214.